The Balaban J connectivity index is 1.56. The summed E-state index contributed by atoms with van der Waals surface area (Å²) in [6.07, 6.45) is 0.629. The van der Waals surface area contributed by atoms with Gasteiger partial charge in [-0.15, -0.1) is 0 Å². The molecule has 0 saturated carbocycles. The van der Waals surface area contributed by atoms with Crippen molar-refractivity contribution in [2.75, 3.05) is 13.1 Å². The van der Waals surface area contributed by atoms with Crippen molar-refractivity contribution in [1.29, 1.82) is 0 Å². The minimum atomic E-state index is -0.366. The van der Waals surface area contributed by atoms with Crippen molar-refractivity contribution in [3.63, 3.8) is 0 Å². The largest absolute Gasteiger partial charge is 0.441 e. The fourth-order valence-electron chi connectivity index (χ4n) is 3.53. The second kappa shape index (κ2) is 7.94. The highest BCUT2D eigenvalue weighted by molar-refractivity contribution is 5.82. The van der Waals surface area contributed by atoms with Gasteiger partial charge in [0, 0.05) is 19.6 Å². The van der Waals surface area contributed by atoms with Gasteiger partial charge < -0.3 is 9.73 Å². The van der Waals surface area contributed by atoms with Gasteiger partial charge in [0.1, 0.15) is 11.6 Å². The third-order valence-corrected chi connectivity index (χ3v) is 5.06. The SMILES string of the molecule is Cc1oc(-c2ccccc2F)nc1CN1CCNC(=O)C1Cc1ccccc1. The Morgan fingerprint density at radius 3 is 2.71 bits per heavy atom. The van der Waals surface area contributed by atoms with E-state index in [2.05, 4.69) is 15.2 Å². The van der Waals surface area contributed by atoms with Crippen molar-refractivity contribution in [1.82, 2.24) is 15.2 Å². The second-order valence-corrected chi connectivity index (χ2v) is 6.97. The molecule has 0 aliphatic carbocycles. The highest BCUT2D eigenvalue weighted by atomic mass is 19.1. The molecule has 144 valence electrons. The molecule has 2 heterocycles. The summed E-state index contributed by atoms with van der Waals surface area (Å²) in [5.74, 6) is 0.564. The van der Waals surface area contributed by atoms with Gasteiger partial charge in [-0.1, -0.05) is 42.5 Å². The molecule has 28 heavy (non-hydrogen) atoms. The Hall–Kier alpha value is -2.99. The summed E-state index contributed by atoms with van der Waals surface area (Å²) < 4.78 is 19.8. The van der Waals surface area contributed by atoms with Gasteiger partial charge in [0.05, 0.1) is 17.3 Å². The zero-order valence-corrected chi connectivity index (χ0v) is 15.7. The van der Waals surface area contributed by atoms with E-state index in [0.29, 0.717) is 30.8 Å². The molecule has 0 bridgehead atoms. The van der Waals surface area contributed by atoms with E-state index in [4.69, 9.17) is 4.42 Å². The molecule has 2 aromatic carbocycles. The molecular formula is C22H22FN3O2. The summed E-state index contributed by atoms with van der Waals surface area (Å²) >= 11 is 0. The quantitative estimate of drug-likeness (QED) is 0.739. The molecule has 0 spiro atoms. The van der Waals surface area contributed by atoms with E-state index >= 15 is 0 Å². The molecule has 1 aromatic heterocycles. The van der Waals surface area contributed by atoms with Gasteiger partial charge in [-0.05, 0) is 31.0 Å². The normalized spacial score (nSPS) is 17.5. The van der Waals surface area contributed by atoms with Crippen molar-refractivity contribution in [3.05, 3.63) is 77.4 Å². The van der Waals surface area contributed by atoms with E-state index in [9.17, 15) is 9.18 Å². The van der Waals surface area contributed by atoms with Gasteiger partial charge in [0.25, 0.3) is 0 Å². The molecule has 1 amide bonds. The zero-order chi connectivity index (χ0) is 19.5. The average molecular weight is 379 g/mol. The lowest BCUT2D eigenvalue weighted by molar-refractivity contribution is -0.129. The number of rotatable bonds is 5. The maximum Gasteiger partial charge on any atom is 0.237 e. The van der Waals surface area contributed by atoms with Gasteiger partial charge >= 0.3 is 0 Å². The maximum atomic E-state index is 14.1. The summed E-state index contributed by atoms with van der Waals surface area (Å²) in [7, 11) is 0. The Bertz CT molecular complexity index is 971. The van der Waals surface area contributed by atoms with Crippen molar-refractivity contribution in [2.24, 2.45) is 0 Å². The molecule has 1 atom stereocenters. The van der Waals surface area contributed by atoms with E-state index in [0.717, 1.165) is 17.8 Å². The molecule has 6 heteroatoms. The van der Waals surface area contributed by atoms with Crippen LogP contribution >= 0.6 is 0 Å². The maximum absolute atomic E-state index is 14.1. The summed E-state index contributed by atoms with van der Waals surface area (Å²) in [4.78, 5) is 19.1. The first-order valence-electron chi connectivity index (χ1n) is 9.38. The number of halogens is 1. The van der Waals surface area contributed by atoms with Crippen LogP contribution < -0.4 is 5.32 Å². The first kappa shape index (κ1) is 18.4. The van der Waals surface area contributed by atoms with Crippen molar-refractivity contribution < 1.29 is 13.6 Å². The lowest BCUT2D eigenvalue weighted by atomic mass is 10.0. The van der Waals surface area contributed by atoms with Crippen LogP contribution in [0, 0.1) is 12.7 Å². The molecule has 4 rings (SSSR count). The highest BCUT2D eigenvalue weighted by Crippen LogP contribution is 2.25. The Kier molecular flexibility index (Phi) is 5.21. The minimum Gasteiger partial charge on any atom is -0.441 e. The molecule has 1 N–H and O–H groups in total. The van der Waals surface area contributed by atoms with Crippen LogP contribution in [0.5, 0.6) is 0 Å². The van der Waals surface area contributed by atoms with Crippen LogP contribution in [0.25, 0.3) is 11.5 Å². The van der Waals surface area contributed by atoms with E-state index in [1.165, 1.54) is 6.07 Å². The van der Waals surface area contributed by atoms with Crippen LogP contribution in [0.2, 0.25) is 0 Å². The van der Waals surface area contributed by atoms with Crippen LogP contribution in [0.3, 0.4) is 0 Å². The molecule has 3 aromatic rings. The molecule has 1 saturated heterocycles. The van der Waals surface area contributed by atoms with Gasteiger partial charge in [-0.3, -0.25) is 9.69 Å². The molecule has 1 fully saturated rings. The summed E-state index contributed by atoms with van der Waals surface area (Å²) in [5, 5.41) is 2.95. The Morgan fingerprint density at radius 2 is 1.93 bits per heavy atom. The molecule has 1 unspecified atom stereocenters. The molecule has 0 radical (unpaired) electrons. The number of piperazine rings is 1. The number of nitrogens with one attached hydrogen (secondary N) is 1. The van der Waals surface area contributed by atoms with Gasteiger partial charge in [-0.2, -0.15) is 0 Å². The topological polar surface area (TPSA) is 58.4 Å². The van der Waals surface area contributed by atoms with Crippen molar-refractivity contribution >= 4 is 5.91 Å². The van der Waals surface area contributed by atoms with Crippen LogP contribution in [0.4, 0.5) is 4.39 Å². The number of nitrogens with zero attached hydrogens (tertiary/aromatic N) is 2. The smallest absolute Gasteiger partial charge is 0.237 e. The van der Waals surface area contributed by atoms with E-state index in [1.54, 1.807) is 18.2 Å². The Labute approximate surface area is 163 Å². The number of carbonyl (C=O) groups excluding carboxylic acids is 1. The fraction of sp³-hybridized carbons (Fsp3) is 0.273. The van der Waals surface area contributed by atoms with E-state index < -0.39 is 0 Å². The van der Waals surface area contributed by atoms with Gasteiger partial charge in [0.2, 0.25) is 11.8 Å². The number of oxazole rings is 1. The van der Waals surface area contributed by atoms with E-state index in [1.807, 2.05) is 37.3 Å². The van der Waals surface area contributed by atoms with Gasteiger partial charge in [-0.25, -0.2) is 9.37 Å². The van der Waals surface area contributed by atoms with Crippen LogP contribution in [0.15, 0.2) is 59.0 Å². The summed E-state index contributed by atoms with van der Waals surface area (Å²) in [5.41, 5.74) is 2.18. The monoisotopic (exact) mass is 379 g/mol. The number of aromatic nitrogens is 1. The van der Waals surface area contributed by atoms with Crippen LogP contribution in [-0.4, -0.2) is 34.9 Å². The average Bonchev–Trinajstić information content (AvgIpc) is 3.06. The number of hydrogen-bond acceptors (Lipinski definition) is 4. The molecular weight excluding hydrogens is 357 g/mol. The summed E-state index contributed by atoms with van der Waals surface area (Å²) in [6, 6.07) is 16.1. The number of benzene rings is 2. The molecule has 1 aliphatic rings. The third-order valence-electron chi connectivity index (χ3n) is 5.06. The van der Waals surface area contributed by atoms with E-state index in [-0.39, 0.29) is 23.7 Å². The second-order valence-electron chi connectivity index (χ2n) is 6.97. The summed E-state index contributed by atoms with van der Waals surface area (Å²) in [6.45, 7) is 3.63. The number of hydrogen-bond donors (Lipinski definition) is 1. The first-order valence-corrected chi connectivity index (χ1v) is 9.38. The predicted octanol–water partition coefficient (Wildman–Crippen LogP) is 3.33. The lowest BCUT2D eigenvalue weighted by Crippen LogP contribution is -2.55. The highest BCUT2D eigenvalue weighted by Gasteiger charge is 2.31. The number of amides is 1. The van der Waals surface area contributed by atoms with Gasteiger partial charge in [0.15, 0.2) is 0 Å². The van der Waals surface area contributed by atoms with Crippen molar-refractivity contribution in [3.8, 4) is 11.5 Å². The minimum absolute atomic E-state index is 0.0191. The predicted molar refractivity (Wildman–Crippen MR) is 104 cm³/mol. The lowest BCUT2D eigenvalue weighted by Gasteiger charge is -2.34. The molecule has 1 aliphatic heterocycles. The molecule has 5 nitrogen and oxygen atoms in total. The van der Waals surface area contributed by atoms with Crippen molar-refractivity contribution in [2.45, 2.75) is 25.9 Å². The zero-order valence-electron chi connectivity index (χ0n) is 15.7. The number of carbonyl (C=O) groups is 1. The van der Waals surface area contributed by atoms with Crippen LogP contribution in [0.1, 0.15) is 17.0 Å². The van der Waals surface area contributed by atoms with Crippen LogP contribution in [-0.2, 0) is 17.8 Å². The third kappa shape index (κ3) is 3.82. The standard InChI is InChI=1S/C22H22FN3O2/c1-15-19(25-22(28-15)17-9-5-6-10-18(17)23)14-26-12-11-24-21(27)20(26)13-16-7-3-2-4-8-16/h2-10,20H,11-14H2,1H3,(H,24,27). The first-order chi connectivity index (χ1) is 13.6. The Morgan fingerprint density at radius 1 is 1.18 bits per heavy atom. The number of aryl methyl sites for hydroxylation is 1. The fourth-order valence-corrected chi connectivity index (χ4v) is 3.53.